The van der Waals surface area contributed by atoms with Crippen LogP contribution in [0.2, 0.25) is 5.15 Å². The average molecular weight is 362 g/mol. The van der Waals surface area contributed by atoms with Gasteiger partial charge in [0.1, 0.15) is 10.9 Å². The van der Waals surface area contributed by atoms with E-state index in [-0.39, 0.29) is 5.91 Å². The summed E-state index contributed by atoms with van der Waals surface area (Å²) in [5.41, 5.74) is 2.21. The Morgan fingerprint density at radius 1 is 1.36 bits per heavy atom. The molecule has 1 heterocycles. The van der Waals surface area contributed by atoms with Gasteiger partial charge in [0.2, 0.25) is 5.91 Å². The number of hydrogen-bond acceptors (Lipinski definition) is 3. The number of rotatable bonds is 8. The maximum absolute atomic E-state index is 12.2. The number of hydrogen-bond donors (Lipinski definition) is 1. The van der Waals surface area contributed by atoms with Crippen LogP contribution in [0.25, 0.3) is 6.08 Å². The Balaban J connectivity index is 2.09. The number of carbonyl (C=O) groups is 1. The van der Waals surface area contributed by atoms with Gasteiger partial charge in [-0.25, -0.2) is 0 Å². The number of aromatic nitrogens is 2. The number of amides is 1. The normalized spacial score (nSPS) is 11.0. The summed E-state index contributed by atoms with van der Waals surface area (Å²) >= 11 is 6.37. The van der Waals surface area contributed by atoms with Crippen molar-refractivity contribution in [3.05, 3.63) is 46.8 Å². The highest BCUT2D eigenvalue weighted by atomic mass is 35.5. The molecular weight excluding hydrogens is 338 g/mol. The molecule has 1 N–H and O–H groups in total. The van der Waals surface area contributed by atoms with Gasteiger partial charge in [0.05, 0.1) is 18.0 Å². The number of benzene rings is 1. The van der Waals surface area contributed by atoms with E-state index in [2.05, 4.69) is 17.3 Å². The van der Waals surface area contributed by atoms with Crippen molar-refractivity contribution in [2.24, 2.45) is 0 Å². The standard InChI is InChI=1S/C19H24ClN3O2/c1-4-6-13-23-19(20)15(14(3)22-23)11-12-18(24)21-16-9-7-8-10-17(16)25-5-2/h7-12H,4-6,13H2,1-3H3,(H,21,24)/b12-11+. The highest BCUT2D eigenvalue weighted by Gasteiger charge is 2.11. The minimum Gasteiger partial charge on any atom is -0.492 e. The van der Waals surface area contributed by atoms with Crippen molar-refractivity contribution in [3.63, 3.8) is 0 Å². The number of halogens is 1. The molecule has 0 saturated carbocycles. The first-order chi connectivity index (χ1) is 12.1. The number of nitrogens with one attached hydrogen (secondary N) is 1. The third-order valence-corrected chi connectivity index (χ3v) is 4.08. The molecule has 5 nitrogen and oxygen atoms in total. The molecule has 1 aromatic carbocycles. The van der Waals surface area contributed by atoms with Crippen molar-refractivity contribution in [1.82, 2.24) is 9.78 Å². The fraction of sp³-hybridized carbons (Fsp3) is 0.368. The summed E-state index contributed by atoms with van der Waals surface area (Å²) in [6.07, 6.45) is 5.25. The molecule has 6 heteroatoms. The van der Waals surface area contributed by atoms with E-state index in [1.54, 1.807) is 16.8 Å². The van der Waals surface area contributed by atoms with Crippen LogP contribution in [-0.4, -0.2) is 22.3 Å². The van der Waals surface area contributed by atoms with Gasteiger partial charge in [-0.2, -0.15) is 5.10 Å². The fourth-order valence-corrected chi connectivity index (χ4v) is 2.72. The average Bonchev–Trinajstić information content (AvgIpc) is 2.86. The molecule has 25 heavy (non-hydrogen) atoms. The number of aryl methyl sites for hydroxylation is 2. The minimum atomic E-state index is -0.246. The second kappa shape index (κ2) is 9.28. The Morgan fingerprint density at radius 2 is 2.12 bits per heavy atom. The molecule has 0 spiro atoms. The van der Waals surface area contributed by atoms with Gasteiger partial charge in [-0.3, -0.25) is 9.48 Å². The Labute approximate surface area is 153 Å². The van der Waals surface area contributed by atoms with Crippen LogP contribution in [0.5, 0.6) is 5.75 Å². The number of para-hydroxylation sites is 2. The van der Waals surface area contributed by atoms with Gasteiger partial charge in [-0.05, 0) is 38.5 Å². The predicted octanol–water partition coefficient (Wildman–Crippen LogP) is 4.70. The molecule has 1 aromatic heterocycles. The van der Waals surface area contributed by atoms with Gasteiger partial charge in [-0.15, -0.1) is 0 Å². The van der Waals surface area contributed by atoms with Crippen molar-refractivity contribution >= 4 is 29.3 Å². The lowest BCUT2D eigenvalue weighted by Gasteiger charge is -2.09. The Hall–Kier alpha value is -2.27. The Kier molecular flexibility index (Phi) is 7.07. The molecule has 0 fully saturated rings. The highest BCUT2D eigenvalue weighted by Crippen LogP contribution is 2.24. The molecule has 134 valence electrons. The summed E-state index contributed by atoms with van der Waals surface area (Å²) in [7, 11) is 0. The topological polar surface area (TPSA) is 56.2 Å². The number of carbonyl (C=O) groups excluding carboxylic acids is 1. The molecule has 2 aromatic rings. The molecule has 0 aliphatic carbocycles. The van der Waals surface area contributed by atoms with Crippen LogP contribution in [0.3, 0.4) is 0 Å². The van der Waals surface area contributed by atoms with Crippen LogP contribution in [0, 0.1) is 6.92 Å². The number of ether oxygens (including phenoxy) is 1. The zero-order chi connectivity index (χ0) is 18.2. The van der Waals surface area contributed by atoms with Crippen molar-refractivity contribution in [1.29, 1.82) is 0 Å². The predicted molar refractivity (Wildman–Crippen MR) is 102 cm³/mol. The van der Waals surface area contributed by atoms with E-state index >= 15 is 0 Å². The molecule has 0 bridgehead atoms. The van der Waals surface area contributed by atoms with Crippen molar-refractivity contribution in [2.75, 3.05) is 11.9 Å². The summed E-state index contributed by atoms with van der Waals surface area (Å²) in [5.74, 6) is 0.400. The first-order valence-corrected chi connectivity index (χ1v) is 8.88. The molecule has 0 atom stereocenters. The van der Waals surface area contributed by atoms with E-state index in [1.165, 1.54) is 6.08 Å². The lowest BCUT2D eigenvalue weighted by Crippen LogP contribution is -2.09. The number of nitrogens with zero attached hydrogens (tertiary/aromatic N) is 2. The zero-order valence-corrected chi connectivity index (χ0v) is 15.6. The summed E-state index contributed by atoms with van der Waals surface area (Å²) in [5, 5.41) is 7.81. The summed E-state index contributed by atoms with van der Waals surface area (Å²) in [6.45, 7) is 7.22. The van der Waals surface area contributed by atoms with Gasteiger partial charge in [0, 0.05) is 18.2 Å². The van der Waals surface area contributed by atoms with E-state index in [0.717, 1.165) is 30.6 Å². The van der Waals surface area contributed by atoms with Crippen molar-refractivity contribution in [3.8, 4) is 5.75 Å². The van der Waals surface area contributed by atoms with Crippen LogP contribution in [0.4, 0.5) is 5.69 Å². The van der Waals surface area contributed by atoms with Crippen molar-refractivity contribution in [2.45, 2.75) is 40.2 Å². The number of anilines is 1. The molecule has 0 aliphatic heterocycles. The highest BCUT2D eigenvalue weighted by molar-refractivity contribution is 6.31. The van der Waals surface area contributed by atoms with Crippen LogP contribution < -0.4 is 10.1 Å². The summed E-state index contributed by atoms with van der Waals surface area (Å²) < 4.78 is 7.29. The lowest BCUT2D eigenvalue weighted by atomic mass is 10.2. The SMILES string of the molecule is CCCCn1nc(C)c(/C=C/C(=O)Nc2ccccc2OCC)c1Cl. The minimum absolute atomic E-state index is 0.246. The van der Waals surface area contributed by atoms with E-state index < -0.39 is 0 Å². The molecule has 0 saturated heterocycles. The maximum Gasteiger partial charge on any atom is 0.248 e. The Morgan fingerprint density at radius 3 is 2.84 bits per heavy atom. The number of unbranched alkanes of at least 4 members (excludes halogenated alkanes) is 1. The van der Waals surface area contributed by atoms with E-state index in [9.17, 15) is 4.79 Å². The molecular formula is C19H24ClN3O2. The maximum atomic E-state index is 12.2. The van der Waals surface area contributed by atoms with Crippen LogP contribution in [0.15, 0.2) is 30.3 Å². The second-order valence-corrected chi connectivity index (χ2v) is 5.98. The molecule has 0 radical (unpaired) electrons. The fourth-order valence-electron chi connectivity index (χ4n) is 2.40. The molecule has 2 rings (SSSR count). The quantitative estimate of drug-likeness (QED) is 0.693. The summed E-state index contributed by atoms with van der Waals surface area (Å²) in [6, 6.07) is 7.34. The van der Waals surface area contributed by atoms with Gasteiger partial charge < -0.3 is 10.1 Å². The van der Waals surface area contributed by atoms with Crippen LogP contribution in [-0.2, 0) is 11.3 Å². The molecule has 1 amide bonds. The Bertz CT molecular complexity index is 753. The first kappa shape index (κ1) is 19.1. The van der Waals surface area contributed by atoms with Crippen molar-refractivity contribution < 1.29 is 9.53 Å². The van der Waals surface area contributed by atoms with Crippen LogP contribution in [0.1, 0.15) is 37.9 Å². The smallest absolute Gasteiger partial charge is 0.248 e. The van der Waals surface area contributed by atoms with E-state index in [0.29, 0.717) is 23.2 Å². The van der Waals surface area contributed by atoms with E-state index in [1.807, 2.05) is 32.0 Å². The molecule has 0 aliphatic rings. The molecule has 0 unspecified atom stereocenters. The third-order valence-electron chi connectivity index (χ3n) is 3.68. The largest absolute Gasteiger partial charge is 0.492 e. The monoisotopic (exact) mass is 361 g/mol. The lowest BCUT2D eigenvalue weighted by molar-refractivity contribution is -0.111. The zero-order valence-electron chi connectivity index (χ0n) is 14.9. The van der Waals surface area contributed by atoms with Gasteiger partial charge in [-0.1, -0.05) is 37.1 Å². The second-order valence-electron chi connectivity index (χ2n) is 5.62. The first-order valence-electron chi connectivity index (χ1n) is 8.50. The van der Waals surface area contributed by atoms with E-state index in [4.69, 9.17) is 16.3 Å². The summed E-state index contributed by atoms with van der Waals surface area (Å²) in [4.78, 5) is 12.2. The van der Waals surface area contributed by atoms with Gasteiger partial charge in [0.25, 0.3) is 0 Å². The van der Waals surface area contributed by atoms with Gasteiger partial charge >= 0.3 is 0 Å². The van der Waals surface area contributed by atoms with Gasteiger partial charge in [0.15, 0.2) is 0 Å². The van der Waals surface area contributed by atoms with Crippen LogP contribution >= 0.6 is 11.6 Å². The third kappa shape index (κ3) is 5.10.